The molecule has 0 aliphatic carbocycles. The molecule has 0 saturated heterocycles. The summed E-state index contributed by atoms with van der Waals surface area (Å²) in [5, 5.41) is 17.8. The van der Waals surface area contributed by atoms with Crippen molar-refractivity contribution in [2.75, 3.05) is 7.05 Å². The predicted octanol–water partition coefficient (Wildman–Crippen LogP) is -1.28. The van der Waals surface area contributed by atoms with Crippen molar-refractivity contribution >= 4 is 11.9 Å². The standard InChI is InChI=1S/C6H8N4O3/c1-7-5(11)3-10-4(6(12)13)2-8-9-10/h2H,3H2,1H3,(H,7,11)(H,12,13). The fourth-order valence-electron chi connectivity index (χ4n) is 0.755. The van der Waals surface area contributed by atoms with Crippen LogP contribution >= 0.6 is 0 Å². The van der Waals surface area contributed by atoms with Crippen LogP contribution in [0.1, 0.15) is 10.5 Å². The van der Waals surface area contributed by atoms with E-state index in [2.05, 4.69) is 15.6 Å². The van der Waals surface area contributed by atoms with E-state index in [4.69, 9.17) is 5.11 Å². The molecule has 13 heavy (non-hydrogen) atoms. The Balaban J connectivity index is 2.82. The number of hydrogen-bond acceptors (Lipinski definition) is 4. The molecule has 7 nitrogen and oxygen atoms in total. The Bertz CT molecular complexity index is 332. The number of carbonyl (C=O) groups excluding carboxylic acids is 1. The smallest absolute Gasteiger partial charge is 0.355 e. The number of carboxylic acids is 1. The molecule has 0 bridgehead atoms. The van der Waals surface area contributed by atoms with Crippen LogP contribution in [0.25, 0.3) is 0 Å². The molecule has 1 heterocycles. The van der Waals surface area contributed by atoms with E-state index >= 15 is 0 Å². The molecule has 1 amide bonds. The molecular formula is C6H8N4O3. The van der Waals surface area contributed by atoms with Crippen molar-refractivity contribution in [3.63, 3.8) is 0 Å². The molecule has 0 aliphatic rings. The van der Waals surface area contributed by atoms with Gasteiger partial charge in [-0.3, -0.25) is 4.79 Å². The Kier molecular flexibility index (Phi) is 2.58. The maximum atomic E-state index is 10.9. The molecular weight excluding hydrogens is 176 g/mol. The minimum absolute atomic E-state index is 0.108. The van der Waals surface area contributed by atoms with Gasteiger partial charge in [0.05, 0.1) is 6.20 Å². The van der Waals surface area contributed by atoms with Crippen molar-refractivity contribution in [1.82, 2.24) is 20.3 Å². The number of aromatic nitrogens is 3. The number of carboxylic acid groups (broad SMARTS) is 1. The van der Waals surface area contributed by atoms with Crippen LogP contribution < -0.4 is 5.32 Å². The van der Waals surface area contributed by atoms with Crippen LogP contribution in [0.2, 0.25) is 0 Å². The van der Waals surface area contributed by atoms with E-state index in [1.54, 1.807) is 0 Å². The fourth-order valence-corrected chi connectivity index (χ4v) is 0.755. The molecule has 2 N–H and O–H groups in total. The topological polar surface area (TPSA) is 97.1 Å². The van der Waals surface area contributed by atoms with Gasteiger partial charge in [-0.1, -0.05) is 5.21 Å². The van der Waals surface area contributed by atoms with Crippen LogP contribution in [0.3, 0.4) is 0 Å². The first-order chi connectivity index (χ1) is 6.15. The lowest BCUT2D eigenvalue weighted by molar-refractivity contribution is -0.121. The zero-order chi connectivity index (χ0) is 9.84. The van der Waals surface area contributed by atoms with Crippen LogP contribution in [0, 0.1) is 0 Å². The third-order valence-electron chi connectivity index (χ3n) is 1.41. The third kappa shape index (κ3) is 2.01. The van der Waals surface area contributed by atoms with Gasteiger partial charge in [0, 0.05) is 7.05 Å². The first-order valence-corrected chi connectivity index (χ1v) is 3.47. The molecule has 0 aliphatic heterocycles. The molecule has 0 aromatic carbocycles. The van der Waals surface area contributed by atoms with Crippen LogP contribution in [0.5, 0.6) is 0 Å². The number of nitrogens with one attached hydrogen (secondary N) is 1. The van der Waals surface area contributed by atoms with E-state index in [0.29, 0.717) is 0 Å². The Labute approximate surface area is 73.4 Å². The van der Waals surface area contributed by atoms with E-state index in [0.717, 1.165) is 10.9 Å². The summed E-state index contributed by atoms with van der Waals surface area (Å²) in [6.07, 6.45) is 1.09. The lowest BCUT2D eigenvalue weighted by Gasteiger charge is -2.00. The van der Waals surface area contributed by atoms with Gasteiger partial charge in [-0.15, -0.1) is 5.10 Å². The predicted molar refractivity (Wildman–Crippen MR) is 41.0 cm³/mol. The van der Waals surface area contributed by atoms with Gasteiger partial charge in [0.1, 0.15) is 6.54 Å². The number of aromatic carboxylic acids is 1. The minimum atomic E-state index is -1.16. The summed E-state index contributed by atoms with van der Waals surface area (Å²) < 4.78 is 1.02. The highest BCUT2D eigenvalue weighted by molar-refractivity contribution is 5.86. The van der Waals surface area contributed by atoms with E-state index in [1.807, 2.05) is 0 Å². The van der Waals surface area contributed by atoms with Gasteiger partial charge in [-0.2, -0.15) is 0 Å². The van der Waals surface area contributed by atoms with Gasteiger partial charge in [-0.25, -0.2) is 9.48 Å². The molecule has 0 saturated carbocycles. The monoisotopic (exact) mass is 184 g/mol. The molecule has 0 fully saturated rings. The highest BCUT2D eigenvalue weighted by Gasteiger charge is 2.12. The van der Waals surface area contributed by atoms with E-state index in [1.165, 1.54) is 7.05 Å². The van der Waals surface area contributed by atoms with E-state index in [-0.39, 0.29) is 18.1 Å². The number of nitrogens with zero attached hydrogens (tertiary/aromatic N) is 3. The fraction of sp³-hybridized carbons (Fsp3) is 0.333. The zero-order valence-corrected chi connectivity index (χ0v) is 6.89. The van der Waals surface area contributed by atoms with Gasteiger partial charge >= 0.3 is 5.97 Å². The van der Waals surface area contributed by atoms with Crippen molar-refractivity contribution in [3.05, 3.63) is 11.9 Å². The highest BCUT2D eigenvalue weighted by Crippen LogP contribution is 1.95. The lowest BCUT2D eigenvalue weighted by Crippen LogP contribution is -2.25. The molecule has 70 valence electrons. The van der Waals surface area contributed by atoms with E-state index in [9.17, 15) is 9.59 Å². The maximum absolute atomic E-state index is 10.9. The van der Waals surface area contributed by atoms with Crippen LogP contribution in [0.4, 0.5) is 0 Å². The van der Waals surface area contributed by atoms with Crippen LogP contribution in [-0.2, 0) is 11.3 Å². The summed E-state index contributed by atoms with van der Waals surface area (Å²) in [7, 11) is 1.46. The summed E-state index contributed by atoms with van der Waals surface area (Å²) >= 11 is 0. The quantitative estimate of drug-likeness (QED) is 0.610. The second-order valence-electron chi connectivity index (χ2n) is 2.26. The van der Waals surface area contributed by atoms with Gasteiger partial charge in [0.2, 0.25) is 5.91 Å². The second kappa shape index (κ2) is 3.65. The Morgan fingerprint density at radius 3 is 2.92 bits per heavy atom. The summed E-state index contributed by atoms with van der Waals surface area (Å²) in [5.41, 5.74) is -0.108. The summed E-state index contributed by atoms with van der Waals surface area (Å²) in [6, 6.07) is 0. The Morgan fingerprint density at radius 1 is 1.69 bits per heavy atom. The molecule has 0 atom stereocenters. The number of carbonyl (C=O) groups is 2. The maximum Gasteiger partial charge on any atom is 0.355 e. The van der Waals surface area contributed by atoms with Gasteiger partial charge in [0.15, 0.2) is 5.69 Å². The minimum Gasteiger partial charge on any atom is -0.476 e. The normalized spacial score (nSPS) is 9.62. The van der Waals surface area contributed by atoms with Gasteiger partial charge in [0.25, 0.3) is 0 Å². The Morgan fingerprint density at radius 2 is 2.38 bits per heavy atom. The first kappa shape index (κ1) is 9.17. The molecule has 7 heteroatoms. The number of amides is 1. The molecule has 0 radical (unpaired) electrons. The summed E-state index contributed by atoms with van der Waals surface area (Å²) in [6.45, 7) is -0.141. The van der Waals surface area contributed by atoms with Crippen molar-refractivity contribution in [3.8, 4) is 0 Å². The second-order valence-corrected chi connectivity index (χ2v) is 2.26. The molecule has 1 rings (SSSR count). The SMILES string of the molecule is CNC(=O)Cn1nncc1C(=O)O. The number of likely N-dealkylation sites (N-methyl/N-ethyl adjacent to an activating group) is 1. The highest BCUT2D eigenvalue weighted by atomic mass is 16.4. The number of rotatable bonds is 3. The first-order valence-electron chi connectivity index (χ1n) is 3.47. The molecule has 1 aromatic heterocycles. The van der Waals surface area contributed by atoms with Crippen molar-refractivity contribution in [2.24, 2.45) is 0 Å². The molecule has 1 aromatic rings. The summed E-state index contributed by atoms with van der Waals surface area (Å²) in [5.74, 6) is -1.48. The lowest BCUT2D eigenvalue weighted by atomic mass is 10.4. The van der Waals surface area contributed by atoms with Crippen LogP contribution in [0.15, 0.2) is 6.20 Å². The number of hydrogen-bond donors (Lipinski definition) is 2. The van der Waals surface area contributed by atoms with Crippen molar-refractivity contribution < 1.29 is 14.7 Å². The summed E-state index contributed by atoms with van der Waals surface area (Å²) in [4.78, 5) is 21.4. The average molecular weight is 184 g/mol. The van der Waals surface area contributed by atoms with Crippen LogP contribution in [-0.4, -0.2) is 39.0 Å². The largest absolute Gasteiger partial charge is 0.476 e. The molecule has 0 unspecified atom stereocenters. The van der Waals surface area contributed by atoms with Crippen molar-refractivity contribution in [1.29, 1.82) is 0 Å². The van der Waals surface area contributed by atoms with Gasteiger partial charge in [-0.05, 0) is 0 Å². The Hall–Kier alpha value is -1.92. The van der Waals surface area contributed by atoms with Crippen molar-refractivity contribution in [2.45, 2.75) is 6.54 Å². The van der Waals surface area contributed by atoms with Gasteiger partial charge < -0.3 is 10.4 Å². The zero-order valence-electron chi connectivity index (χ0n) is 6.89. The average Bonchev–Trinajstić information content (AvgIpc) is 2.52. The molecule has 0 spiro atoms. The van der Waals surface area contributed by atoms with E-state index < -0.39 is 5.97 Å². The third-order valence-corrected chi connectivity index (χ3v) is 1.41.